The van der Waals surface area contributed by atoms with E-state index in [4.69, 9.17) is 4.74 Å². The Hall–Kier alpha value is -1.32. The Morgan fingerprint density at radius 3 is 3.15 bits per heavy atom. The van der Waals surface area contributed by atoms with Crippen LogP contribution in [0.15, 0.2) is 5.70 Å². The van der Waals surface area contributed by atoms with E-state index in [0.29, 0.717) is 12.2 Å². The van der Waals surface area contributed by atoms with E-state index in [1.54, 1.807) is 5.94 Å². The van der Waals surface area contributed by atoms with Crippen molar-refractivity contribution in [2.24, 2.45) is 0 Å². The van der Waals surface area contributed by atoms with Gasteiger partial charge in [-0.1, -0.05) is 0 Å². The molecule has 0 aromatic rings. The van der Waals surface area contributed by atoms with Gasteiger partial charge >= 0.3 is 0 Å². The van der Waals surface area contributed by atoms with Crippen molar-refractivity contribution in [2.75, 3.05) is 13.2 Å². The molecule has 2 fully saturated rings. The SMILES string of the molecule is O=C=C1NCCC2OCC(=O)NC12. The van der Waals surface area contributed by atoms with Crippen molar-refractivity contribution in [3.05, 3.63) is 5.70 Å². The third-order valence-corrected chi connectivity index (χ3v) is 2.28. The Morgan fingerprint density at radius 1 is 1.54 bits per heavy atom. The molecule has 2 N–H and O–H groups in total. The Bertz CT molecular complexity index is 283. The monoisotopic (exact) mass is 182 g/mol. The molecule has 0 spiro atoms. The molecule has 5 nitrogen and oxygen atoms in total. The number of nitrogens with one attached hydrogen (secondary N) is 2. The molecule has 2 saturated heterocycles. The maximum Gasteiger partial charge on any atom is 0.246 e. The number of morpholine rings is 1. The summed E-state index contributed by atoms with van der Waals surface area (Å²) in [5.74, 6) is 1.60. The number of rotatable bonds is 0. The zero-order chi connectivity index (χ0) is 9.26. The van der Waals surface area contributed by atoms with Gasteiger partial charge in [0.15, 0.2) is 0 Å². The first kappa shape index (κ1) is 8.29. The third-order valence-electron chi connectivity index (χ3n) is 2.28. The summed E-state index contributed by atoms with van der Waals surface area (Å²) in [6.45, 7) is 0.787. The van der Waals surface area contributed by atoms with Gasteiger partial charge in [-0.2, -0.15) is 0 Å². The van der Waals surface area contributed by atoms with Crippen molar-refractivity contribution in [3.63, 3.8) is 0 Å². The van der Waals surface area contributed by atoms with Crippen molar-refractivity contribution >= 4 is 11.8 Å². The highest BCUT2D eigenvalue weighted by molar-refractivity contribution is 5.79. The van der Waals surface area contributed by atoms with Gasteiger partial charge in [0.2, 0.25) is 5.91 Å². The summed E-state index contributed by atoms with van der Waals surface area (Å²) in [7, 11) is 0. The number of piperidine rings is 1. The maximum atomic E-state index is 11.0. The molecule has 2 aliphatic heterocycles. The van der Waals surface area contributed by atoms with Gasteiger partial charge in [0.1, 0.15) is 24.3 Å². The minimum atomic E-state index is -0.326. The van der Waals surface area contributed by atoms with Gasteiger partial charge in [-0.15, -0.1) is 0 Å². The molecule has 0 aliphatic carbocycles. The van der Waals surface area contributed by atoms with E-state index in [-0.39, 0.29) is 24.7 Å². The molecule has 0 bridgehead atoms. The lowest BCUT2D eigenvalue weighted by atomic mass is 9.99. The fourth-order valence-corrected chi connectivity index (χ4v) is 1.65. The van der Waals surface area contributed by atoms with Gasteiger partial charge in [-0.3, -0.25) is 4.79 Å². The molecule has 1 amide bonds. The van der Waals surface area contributed by atoms with E-state index in [2.05, 4.69) is 10.6 Å². The highest BCUT2D eigenvalue weighted by Crippen LogP contribution is 2.17. The van der Waals surface area contributed by atoms with Gasteiger partial charge in [-0.25, -0.2) is 4.79 Å². The average molecular weight is 182 g/mol. The molecule has 2 aliphatic rings. The standard InChI is InChI=1S/C8H10N2O3/c11-3-5-8-6(1-2-9-5)13-4-7(12)10-8/h6,8-9H,1-2,4H2,(H,10,12). The maximum absolute atomic E-state index is 11.0. The predicted molar refractivity (Wildman–Crippen MR) is 43.5 cm³/mol. The highest BCUT2D eigenvalue weighted by Gasteiger charge is 2.35. The Morgan fingerprint density at radius 2 is 2.38 bits per heavy atom. The first-order valence-electron chi connectivity index (χ1n) is 4.21. The zero-order valence-electron chi connectivity index (χ0n) is 7.00. The third kappa shape index (κ3) is 1.43. The van der Waals surface area contributed by atoms with Crippen molar-refractivity contribution in [1.82, 2.24) is 10.6 Å². The van der Waals surface area contributed by atoms with Crippen LogP contribution in [0.25, 0.3) is 0 Å². The number of fused-ring (bicyclic) bond motifs is 1. The van der Waals surface area contributed by atoms with Crippen LogP contribution >= 0.6 is 0 Å². The van der Waals surface area contributed by atoms with Crippen molar-refractivity contribution in [2.45, 2.75) is 18.6 Å². The molecule has 70 valence electrons. The van der Waals surface area contributed by atoms with Crippen LogP contribution in [0.5, 0.6) is 0 Å². The van der Waals surface area contributed by atoms with E-state index in [1.807, 2.05) is 0 Å². The van der Waals surface area contributed by atoms with E-state index >= 15 is 0 Å². The van der Waals surface area contributed by atoms with Crippen LogP contribution in [0.3, 0.4) is 0 Å². The predicted octanol–water partition coefficient (Wildman–Crippen LogP) is -1.42. The molecule has 0 aromatic heterocycles. The van der Waals surface area contributed by atoms with Gasteiger partial charge in [0.05, 0.1) is 6.10 Å². The second-order valence-corrected chi connectivity index (χ2v) is 3.13. The summed E-state index contributed by atoms with van der Waals surface area (Å²) in [5, 5.41) is 5.58. The van der Waals surface area contributed by atoms with Crippen LogP contribution in [0.4, 0.5) is 0 Å². The molecule has 2 heterocycles. The summed E-state index contributed by atoms with van der Waals surface area (Å²) in [6, 6.07) is -0.326. The van der Waals surface area contributed by atoms with Crippen LogP contribution in [-0.2, 0) is 14.3 Å². The van der Waals surface area contributed by atoms with Gasteiger partial charge in [0, 0.05) is 6.54 Å². The lowest BCUT2D eigenvalue weighted by Crippen LogP contribution is -2.58. The van der Waals surface area contributed by atoms with E-state index < -0.39 is 0 Å². The fourth-order valence-electron chi connectivity index (χ4n) is 1.65. The highest BCUT2D eigenvalue weighted by atomic mass is 16.5. The van der Waals surface area contributed by atoms with E-state index in [0.717, 1.165) is 6.42 Å². The number of amides is 1. The molecule has 13 heavy (non-hydrogen) atoms. The first-order valence-corrected chi connectivity index (χ1v) is 4.21. The van der Waals surface area contributed by atoms with Gasteiger partial charge in [0.25, 0.3) is 0 Å². The van der Waals surface area contributed by atoms with Crippen LogP contribution in [-0.4, -0.2) is 37.1 Å². The Labute approximate surface area is 75.1 Å². The summed E-state index contributed by atoms with van der Waals surface area (Å²) in [6.07, 6.45) is 0.728. The Kier molecular flexibility index (Phi) is 2.04. The lowest BCUT2D eigenvalue weighted by molar-refractivity contribution is -0.136. The Balaban J connectivity index is 2.19. The summed E-state index contributed by atoms with van der Waals surface area (Å²) in [4.78, 5) is 21.5. The first-order chi connectivity index (χ1) is 6.31. The van der Waals surface area contributed by atoms with Gasteiger partial charge < -0.3 is 15.4 Å². The van der Waals surface area contributed by atoms with Crippen LogP contribution in [0, 0.1) is 0 Å². The van der Waals surface area contributed by atoms with Crippen LogP contribution in [0.1, 0.15) is 6.42 Å². The number of carbonyl (C=O) groups is 1. The second kappa shape index (κ2) is 3.20. The van der Waals surface area contributed by atoms with E-state index in [9.17, 15) is 9.59 Å². The molecule has 0 radical (unpaired) electrons. The molecular formula is C8H10N2O3. The fraction of sp³-hybridized carbons (Fsp3) is 0.625. The minimum absolute atomic E-state index is 0.0737. The average Bonchev–Trinajstić information content (AvgIpc) is 2.17. The normalized spacial score (nSPS) is 32.6. The summed E-state index contributed by atoms with van der Waals surface area (Å²) in [5.41, 5.74) is 0.393. The quantitative estimate of drug-likeness (QED) is 0.451. The van der Waals surface area contributed by atoms with E-state index in [1.165, 1.54) is 0 Å². The molecule has 2 unspecified atom stereocenters. The largest absolute Gasteiger partial charge is 0.378 e. The number of carbonyl (C=O) groups excluding carboxylic acids is 2. The van der Waals surface area contributed by atoms with Gasteiger partial charge in [-0.05, 0) is 6.42 Å². The minimum Gasteiger partial charge on any atom is -0.378 e. The molecule has 2 atom stereocenters. The van der Waals surface area contributed by atoms with Crippen LogP contribution in [0.2, 0.25) is 0 Å². The molecular weight excluding hydrogens is 172 g/mol. The number of ether oxygens (including phenoxy) is 1. The zero-order valence-corrected chi connectivity index (χ0v) is 7.00. The van der Waals surface area contributed by atoms with Crippen molar-refractivity contribution < 1.29 is 14.3 Å². The lowest BCUT2D eigenvalue weighted by Gasteiger charge is -2.36. The number of hydrogen-bond acceptors (Lipinski definition) is 4. The molecule has 2 rings (SSSR count). The topological polar surface area (TPSA) is 67.4 Å². The number of hydrogen-bond donors (Lipinski definition) is 2. The summed E-state index contributed by atoms with van der Waals surface area (Å²) >= 11 is 0. The smallest absolute Gasteiger partial charge is 0.246 e. The second-order valence-electron chi connectivity index (χ2n) is 3.13. The molecule has 0 aromatic carbocycles. The molecule has 5 heteroatoms. The summed E-state index contributed by atoms with van der Waals surface area (Å²) < 4.78 is 5.27. The van der Waals surface area contributed by atoms with Crippen LogP contribution < -0.4 is 10.6 Å². The van der Waals surface area contributed by atoms with Crippen molar-refractivity contribution in [1.29, 1.82) is 0 Å². The molecule has 0 saturated carbocycles. The van der Waals surface area contributed by atoms with Crippen molar-refractivity contribution in [3.8, 4) is 0 Å².